The predicted molar refractivity (Wildman–Crippen MR) is 75.3 cm³/mol. The summed E-state index contributed by atoms with van der Waals surface area (Å²) in [4.78, 5) is 10.6. The Hall–Kier alpha value is -2.02. The van der Waals surface area contributed by atoms with Gasteiger partial charge in [0.05, 0.1) is 12.2 Å². The number of aliphatic carboxylic acids is 1. The van der Waals surface area contributed by atoms with Crippen LogP contribution < -0.4 is 0 Å². The highest BCUT2D eigenvalue weighted by Gasteiger charge is 2.29. The zero-order chi connectivity index (χ0) is 15.1. The van der Waals surface area contributed by atoms with E-state index in [0.717, 1.165) is 4.31 Å². The molecular weight excluding hydrogens is 282 g/mol. The zero-order valence-electron chi connectivity index (χ0n) is 10.9. The van der Waals surface area contributed by atoms with E-state index in [4.69, 9.17) is 9.84 Å². The minimum Gasteiger partial charge on any atom is -0.486 e. The topological polar surface area (TPSA) is 83.9 Å². The van der Waals surface area contributed by atoms with Gasteiger partial charge < -0.3 is 9.84 Å². The van der Waals surface area contributed by atoms with Crippen molar-refractivity contribution in [2.75, 3.05) is 6.54 Å². The molecule has 1 fully saturated rings. The van der Waals surface area contributed by atoms with Crippen molar-refractivity contribution >= 4 is 16.9 Å². The van der Waals surface area contributed by atoms with Gasteiger partial charge in [-0.15, -0.1) is 0 Å². The molecule has 1 rings (SSSR count). The number of carboxylic acid groups (broad SMARTS) is 1. The minimum atomic E-state index is -2.84. The van der Waals surface area contributed by atoms with Crippen LogP contribution in [0.5, 0.6) is 0 Å². The van der Waals surface area contributed by atoms with Crippen molar-refractivity contribution in [2.24, 2.45) is 0 Å². The maximum absolute atomic E-state index is 11.3. The fourth-order valence-electron chi connectivity index (χ4n) is 1.80. The number of ether oxygens (including phenoxy) is 1. The molecule has 20 heavy (non-hydrogen) atoms. The molecule has 0 aliphatic carbocycles. The lowest BCUT2D eigenvalue weighted by Gasteiger charge is -2.34. The van der Waals surface area contributed by atoms with E-state index in [2.05, 4.69) is 13.2 Å². The average Bonchev–Trinajstić information content (AvgIpc) is 2.38. The second-order valence-corrected chi connectivity index (χ2v) is 5.00. The summed E-state index contributed by atoms with van der Waals surface area (Å²) < 4.78 is 29.5. The highest BCUT2D eigenvalue weighted by molar-refractivity contribution is 7.70. The second-order valence-electron chi connectivity index (χ2n) is 4.05. The van der Waals surface area contributed by atoms with Gasteiger partial charge in [0, 0.05) is 6.42 Å². The Bertz CT molecular complexity index is 525. The minimum absolute atomic E-state index is 0.0835. The van der Waals surface area contributed by atoms with Gasteiger partial charge in [0.15, 0.2) is 0 Å². The Kier molecular flexibility index (Phi) is 6.05. The molecule has 0 aromatic heterocycles. The molecule has 1 N–H and O–H groups in total. The Morgan fingerprint density at radius 3 is 2.55 bits per heavy atom. The summed E-state index contributed by atoms with van der Waals surface area (Å²) in [7, 11) is -2.84. The number of allylic oxidation sites excluding steroid dienone is 4. The summed E-state index contributed by atoms with van der Waals surface area (Å²) in [5.41, 5.74) is 0.364. The van der Waals surface area contributed by atoms with Crippen molar-refractivity contribution in [3.8, 4) is 0 Å². The third-order valence-electron chi connectivity index (χ3n) is 2.62. The molecule has 0 saturated carbocycles. The standard InChI is InChI=1S/C13H17NO5S/c1-3-5-11-12(6-4-2)19-10(7-8-13(15)16)9-14(11)20(17)18/h3-6,10,20H,1-2,7-9H2,(H,15,16)/b11-5+,12-6+/t10-/m0/s1. The van der Waals surface area contributed by atoms with Crippen molar-refractivity contribution in [3.63, 3.8) is 0 Å². The third kappa shape index (κ3) is 4.27. The molecule has 110 valence electrons. The molecule has 0 unspecified atom stereocenters. The first-order valence-electron chi connectivity index (χ1n) is 5.95. The van der Waals surface area contributed by atoms with Gasteiger partial charge in [0.2, 0.25) is 10.9 Å². The number of nitrogens with zero attached hydrogens (tertiary/aromatic N) is 1. The highest BCUT2D eigenvalue weighted by Crippen LogP contribution is 2.27. The normalized spacial score (nSPS) is 22.9. The predicted octanol–water partition coefficient (Wildman–Crippen LogP) is 1.22. The van der Waals surface area contributed by atoms with Crippen LogP contribution in [0.2, 0.25) is 0 Å². The van der Waals surface area contributed by atoms with Crippen molar-refractivity contribution in [3.05, 3.63) is 48.9 Å². The zero-order valence-corrected chi connectivity index (χ0v) is 11.8. The van der Waals surface area contributed by atoms with Crippen LogP contribution in [-0.4, -0.2) is 36.4 Å². The lowest BCUT2D eigenvalue weighted by atomic mass is 10.1. The largest absolute Gasteiger partial charge is 0.486 e. The number of hydrogen-bond acceptors (Lipinski definition) is 4. The second kappa shape index (κ2) is 7.54. The molecule has 6 nitrogen and oxygen atoms in total. The van der Waals surface area contributed by atoms with Crippen molar-refractivity contribution in [2.45, 2.75) is 18.9 Å². The van der Waals surface area contributed by atoms with Crippen LogP contribution in [0.3, 0.4) is 0 Å². The molecule has 0 bridgehead atoms. The number of carbonyl (C=O) groups is 1. The van der Waals surface area contributed by atoms with Gasteiger partial charge >= 0.3 is 5.97 Å². The van der Waals surface area contributed by atoms with Crippen molar-refractivity contribution in [1.29, 1.82) is 0 Å². The average molecular weight is 299 g/mol. The fraction of sp³-hybridized carbons (Fsp3) is 0.308. The monoisotopic (exact) mass is 299 g/mol. The summed E-state index contributed by atoms with van der Waals surface area (Å²) in [6.45, 7) is 7.16. The smallest absolute Gasteiger partial charge is 0.303 e. The Balaban J connectivity index is 3.04. The first-order valence-corrected chi connectivity index (χ1v) is 7.08. The van der Waals surface area contributed by atoms with E-state index in [1.54, 1.807) is 0 Å². The lowest BCUT2D eigenvalue weighted by Crippen LogP contribution is -2.39. The Labute approximate surface area is 119 Å². The summed E-state index contributed by atoms with van der Waals surface area (Å²) in [5.74, 6) is -0.617. The molecular formula is C13H17NO5S. The third-order valence-corrected chi connectivity index (χ3v) is 3.40. The molecule has 7 heteroatoms. The SMILES string of the molecule is C=C/C=C1/O[C@@H](CCC(=O)O)CN([SH](=O)=O)/C1=C/C=C. The molecule has 0 aromatic rings. The van der Waals surface area contributed by atoms with Crippen molar-refractivity contribution < 1.29 is 23.1 Å². The first-order chi connectivity index (χ1) is 9.49. The van der Waals surface area contributed by atoms with Crippen LogP contribution >= 0.6 is 0 Å². The van der Waals surface area contributed by atoms with Gasteiger partial charge in [-0.2, -0.15) is 0 Å². The summed E-state index contributed by atoms with van der Waals surface area (Å²) >= 11 is 0. The summed E-state index contributed by atoms with van der Waals surface area (Å²) in [6, 6.07) is 0. The van der Waals surface area contributed by atoms with Gasteiger partial charge in [0.25, 0.3) is 0 Å². The molecule has 0 amide bonds. The van der Waals surface area contributed by atoms with Crippen LogP contribution in [0.1, 0.15) is 12.8 Å². The van der Waals surface area contributed by atoms with Gasteiger partial charge in [-0.1, -0.05) is 25.3 Å². The number of carboxylic acids is 1. The highest BCUT2D eigenvalue weighted by atomic mass is 32.2. The van der Waals surface area contributed by atoms with E-state index in [0.29, 0.717) is 11.5 Å². The fourth-order valence-corrected chi connectivity index (χ4v) is 2.45. The van der Waals surface area contributed by atoms with E-state index >= 15 is 0 Å². The van der Waals surface area contributed by atoms with Crippen LogP contribution in [0.25, 0.3) is 0 Å². The van der Waals surface area contributed by atoms with Crippen LogP contribution in [0, 0.1) is 0 Å². The van der Waals surface area contributed by atoms with Gasteiger partial charge in [-0.25, -0.2) is 8.42 Å². The van der Waals surface area contributed by atoms with Gasteiger partial charge in [-0.3, -0.25) is 9.10 Å². The van der Waals surface area contributed by atoms with Gasteiger partial charge in [0.1, 0.15) is 11.9 Å². The molecule has 0 radical (unpaired) electrons. The van der Waals surface area contributed by atoms with Crippen LogP contribution in [-0.2, 0) is 20.4 Å². The van der Waals surface area contributed by atoms with E-state index in [-0.39, 0.29) is 19.4 Å². The molecule has 1 saturated heterocycles. The molecule has 0 aromatic carbocycles. The summed E-state index contributed by atoms with van der Waals surface area (Å²) in [6.07, 6.45) is 5.62. The molecule has 0 spiro atoms. The first kappa shape index (κ1) is 16.0. The molecule has 1 heterocycles. The lowest BCUT2D eigenvalue weighted by molar-refractivity contribution is -0.137. The van der Waals surface area contributed by atoms with E-state index < -0.39 is 23.0 Å². The number of rotatable bonds is 6. The quantitative estimate of drug-likeness (QED) is 0.720. The maximum atomic E-state index is 11.3. The number of morpholine rings is 1. The Morgan fingerprint density at radius 2 is 2.05 bits per heavy atom. The number of hydrogen-bond donors (Lipinski definition) is 2. The molecule has 1 atom stereocenters. The van der Waals surface area contributed by atoms with E-state index in [1.807, 2.05) is 0 Å². The Morgan fingerprint density at radius 1 is 1.40 bits per heavy atom. The molecule has 1 aliphatic rings. The molecule has 1 aliphatic heterocycles. The summed E-state index contributed by atoms with van der Waals surface area (Å²) in [5, 5.41) is 8.68. The number of thiol groups is 1. The maximum Gasteiger partial charge on any atom is 0.303 e. The van der Waals surface area contributed by atoms with E-state index in [9.17, 15) is 13.2 Å². The van der Waals surface area contributed by atoms with Gasteiger partial charge in [-0.05, 0) is 18.6 Å². The van der Waals surface area contributed by atoms with Crippen molar-refractivity contribution in [1.82, 2.24) is 4.31 Å². The van der Waals surface area contributed by atoms with E-state index in [1.165, 1.54) is 24.3 Å². The van der Waals surface area contributed by atoms with Crippen LogP contribution in [0.4, 0.5) is 0 Å². The van der Waals surface area contributed by atoms with Crippen LogP contribution in [0.15, 0.2) is 48.9 Å².